The maximum Gasteiger partial charge on any atom is 0.271 e. The van der Waals surface area contributed by atoms with Gasteiger partial charge in [-0.2, -0.15) is 0 Å². The Labute approximate surface area is 188 Å². The summed E-state index contributed by atoms with van der Waals surface area (Å²) in [5.41, 5.74) is 9.26. The van der Waals surface area contributed by atoms with Crippen molar-refractivity contribution in [2.24, 2.45) is 5.92 Å². The third-order valence-corrected chi connectivity index (χ3v) is 6.99. The van der Waals surface area contributed by atoms with Gasteiger partial charge in [0.2, 0.25) is 0 Å². The van der Waals surface area contributed by atoms with Gasteiger partial charge in [-0.05, 0) is 30.7 Å². The van der Waals surface area contributed by atoms with Crippen molar-refractivity contribution in [3.63, 3.8) is 0 Å². The molecule has 1 amide bonds. The van der Waals surface area contributed by atoms with E-state index in [9.17, 15) is 4.79 Å². The highest BCUT2D eigenvalue weighted by Crippen LogP contribution is 2.37. The van der Waals surface area contributed by atoms with Gasteiger partial charge in [0.1, 0.15) is 5.69 Å². The first-order valence-electron chi connectivity index (χ1n) is 11.8. The zero-order valence-electron chi connectivity index (χ0n) is 18.5. The molecule has 1 aliphatic carbocycles. The Morgan fingerprint density at radius 2 is 2.03 bits per heavy atom. The summed E-state index contributed by atoms with van der Waals surface area (Å²) in [6.45, 7) is 6.32. The molecule has 5 rings (SSSR count). The lowest BCUT2D eigenvalue weighted by Crippen LogP contribution is -2.41. The zero-order valence-corrected chi connectivity index (χ0v) is 18.5. The van der Waals surface area contributed by atoms with E-state index in [1.807, 2.05) is 18.2 Å². The SMILES string of the molecule is O=C(NCCN1CCOCC1)c1c(C2CCC3NNCC3C2)nnn1Cc1ccccc1. The number of ether oxygens (including phenoxy) is 1. The molecule has 9 nitrogen and oxygen atoms in total. The van der Waals surface area contributed by atoms with Crippen LogP contribution in [0.15, 0.2) is 30.3 Å². The van der Waals surface area contributed by atoms with Crippen LogP contribution in [0.3, 0.4) is 0 Å². The number of hydrogen-bond acceptors (Lipinski definition) is 7. The van der Waals surface area contributed by atoms with Crippen LogP contribution in [0.1, 0.15) is 46.9 Å². The highest BCUT2D eigenvalue weighted by atomic mass is 16.5. The van der Waals surface area contributed by atoms with Crippen molar-refractivity contribution in [1.29, 1.82) is 0 Å². The topological polar surface area (TPSA) is 96.3 Å². The highest BCUT2D eigenvalue weighted by Gasteiger charge is 2.37. The average Bonchev–Trinajstić information content (AvgIpc) is 3.47. The number of morpholine rings is 1. The molecule has 3 fully saturated rings. The van der Waals surface area contributed by atoms with E-state index >= 15 is 0 Å². The Hall–Kier alpha value is -2.33. The Kier molecular flexibility index (Phi) is 6.77. The molecule has 172 valence electrons. The largest absolute Gasteiger partial charge is 0.379 e. The highest BCUT2D eigenvalue weighted by molar-refractivity contribution is 5.93. The number of amides is 1. The fraction of sp³-hybridized carbons (Fsp3) is 0.609. The van der Waals surface area contributed by atoms with E-state index in [-0.39, 0.29) is 11.8 Å². The number of rotatable bonds is 7. The minimum absolute atomic E-state index is 0.0704. The lowest BCUT2D eigenvalue weighted by atomic mass is 9.77. The Balaban J connectivity index is 1.32. The Morgan fingerprint density at radius 1 is 1.19 bits per heavy atom. The van der Waals surface area contributed by atoms with Crippen LogP contribution in [0.25, 0.3) is 0 Å². The number of aromatic nitrogens is 3. The number of carbonyl (C=O) groups is 1. The van der Waals surface area contributed by atoms with Gasteiger partial charge in [0.15, 0.2) is 0 Å². The zero-order chi connectivity index (χ0) is 21.8. The van der Waals surface area contributed by atoms with E-state index in [0.717, 1.165) is 69.9 Å². The molecule has 9 heteroatoms. The van der Waals surface area contributed by atoms with Gasteiger partial charge in [0, 0.05) is 44.7 Å². The average molecular weight is 440 g/mol. The molecule has 2 aliphatic heterocycles. The van der Waals surface area contributed by atoms with Gasteiger partial charge < -0.3 is 10.1 Å². The van der Waals surface area contributed by atoms with E-state index < -0.39 is 0 Å². The summed E-state index contributed by atoms with van der Waals surface area (Å²) in [5, 5.41) is 12.1. The van der Waals surface area contributed by atoms with Crippen molar-refractivity contribution >= 4 is 5.91 Å². The quantitative estimate of drug-likeness (QED) is 0.586. The van der Waals surface area contributed by atoms with E-state index in [2.05, 4.69) is 43.5 Å². The van der Waals surface area contributed by atoms with Crippen molar-refractivity contribution in [3.05, 3.63) is 47.3 Å². The molecule has 0 radical (unpaired) electrons. The number of nitrogens with one attached hydrogen (secondary N) is 3. The van der Waals surface area contributed by atoms with Crippen molar-refractivity contribution in [3.8, 4) is 0 Å². The number of fused-ring (bicyclic) bond motifs is 1. The van der Waals surface area contributed by atoms with Gasteiger partial charge in [-0.15, -0.1) is 5.10 Å². The first kappa shape index (κ1) is 21.5. The molecule has 1 saturated carbocycles. The number of hydrogen-bond donors (Lipinski definition) is 3. The predicted molar refractivity (Wildman–Crippen MR) is 120 cm³/mol. The summed E-state index contributed by atoms with van der Waals surface area (Å²) < 4.78 is 7.20. The minimum Gasteiger partial charge on any atom is -0.379 e. The fourth-order valence-electron chi connectivity index (χ4n) is 5.19. The van der Waals surface area contributed by atoms with Crippen LogP contribution < -0.4 is 16.2 Å². The minimum atomic E-state index is -0.0704. The third kappa shape index (κ3) is 4.85. The molecular formula is C23H33N7O2. The first-order chi connectivity index (χ1) is 15.8. The monoisotopic (exact) mass is 439 g/mol. The number of benzene rings is 1. The van der Waals surface area contributed by atoms with Gasteiger partial charge in [0.05, 0.1) is 25.5 Å². The normalized spacial score (nSPS) is 26.1. The molecule has 32 heavy (non-hydrogen) atoms. The molecule has 0 spiro atoms. The van der Waals surface area contributed by atoms with Gasteiger partial charge in [-0.1, -0.05) is 35.5 Å². The van der Waals surface area contributed by atoms with Crippen LogP contribution in [0.5, 0.6) is 0 Å². The standard InChI is InChI=1S/C23H33N7O2/c31-23(24-8-9-29-10-12-32-13-11-29)22-21(18-6-7-20-19(14-18)15-25-26-20)27-28-30(22)16-17-4-2-1-3-5-17/h1-5,18-20,25-26H,6-16H2,(H,24,31). The smallest absolute Gasteiger partial charge is 0.271 e. The number of nitrogens with zero attached hydrogens (tertiary/aromatic N) is 4. The van der Waals surface area contributed by atoms with E-state index in [0.29, 0.717) is 30.7 Å². The second kappa shape index (κ2) is 10.1. The van der Waals surface area contributed by atoms with Crippen LogP contribution >= 0.6 is 0 Å². The van der Waals surface area contributed by atoms with Crippen LogP contribution in [-0.2, 0) is 11.3 Å². The first-order valence-corrected chi connectivity index (χ1v) is 11.8. The number of hydrazine groups is 1. The van der Waals surface area contributed by atoms with Gasteiger partial charge in [-0.3, -0.25) is 20.5 Å². The van der Waals surface area contributed by atoms with Crippen LogP contribution in [0, 0.1) is 5.92 Å². The molecule has 1 aromatic carbocycles. The molecule has 1 aromatic heterocycles. The summed E-state index contributed by atoms with van der Waals surface area (Å²) >= 11 is 0. The van der Waals surface area contributed by atoms with Gasteiger partial charge in [-0.25, -0.2) is 4.68 Å². The van der Waals surface area contributed by atoms with E-state index in [1.54, 1.807) is 4.68 Å². The van der Waals surface area contributed by atoms with E-state index in [1.165, 1.54) is 0 Å². The fourth-order valence-corrected chi connectivity index (χ4v) is 5.19. The summed E-state index contributed by atoms with van der Waals surface area (Å²) in [6, 6.07) is 10.7. The maximum atomic E-state index is 13.4. The summed E-state index contributed by atoms with van der Waals surface area (Å²) in [6.07, 6.45) is 3.14. The molecule has 3 atom stereocenters. The van der Waals surface area contributed by atoms with Crippen molar-refractivity contribution in [2.75, 3.05) is 45.9 Å². The lowest BCUT2D eigenvalue weighted by molar-refractivity contribution is 0.0383. The van der Waals surface area contributed by atoms with Crippen molar-refractivity contribution in [2.45, 2.75) is 37.8 Å². The van der Waals surface area contributed by atoms with Gasteiger partial charge >= 0.3 is 0 Å². The molecule has 3 unspecified atom stereocenters. The predicted octanol–water partition coefficient (Wildman–Crippen LogP) is 0.749. The number of carbonyl (C=O) groups excluding carboxylic acids is 1. The van der Waals surface area contributed by atoms with Gasteiger partial charge in [0.25, 0.3) is 5.91 Å². The molecule has 0 bridgehead atoms. The molecule has 3 aliphatic rings. The molecule has 2 aromatic rings. The van der Waals surface area contributed by atoms with Crippen LogP contribution in [0.2, 0.25) is 0 Å². The van der Waals surface area contributed by atoms with Crippen LogP contribution in [0.4, 0.5) is 0 Å². The van der Waals surface area contributed by atoms with E-state index in [4.69, 9.17) is 4.74 Å². The summed E-state index contributed by atoms with van der Waals surface area (Å²) in [5.74, 6) is 0.770. The lowest BCUT2D eigenvalue weighted by Gasteiger charge is -2.30. The molecule has 2 saturated heterocycles. The summed E-state index contributed by atoms with van der Waals surface area (Å²) in [7, 11) is 0. The molecule has 3 N–H and O–H groups in total. The van der Waals surface area contributed by atoms with Crippen molar-refractivity contribution < 1.29 is 9.53 Å². The second-order valence-electron chi connectivity index (χ2n) is 9.08. The molecule has 3 heterocycles. The Morgan fingerprint density at radius 3 is 2.88 bits per heavy atom. The maximum absolute atomic E-state index is 13.4. The van der Waals surface area contributed by atoms with Crippen LogP contribution in [-0.4, -0.2) is 77.8 Å². The summed E-state index contributed by atoms with van der Waals surface area (Å²) in [4.78, 5) is 15.7. The molecular weight excluding hydrogens is 406 g/mol. The second-order valence-corrected chi connectivity index (χ2v) is 9.08. The van der Waals surface area contributed by atoms with Crippen molar-refractivity contribution in [1.82, 2.24) is 36.1 Å². The Bertz CT molecular complexity index is 897. The third-order valence-electron chi connectivity index (χ3n) is 6.99.